The largest absolute Gasteiger partial charge is 0.480 e. The van der Waals surface area contributed by atoms with Gasteiger partial charge in [-0.15, -0.1) is 0 Å². The number of Topliss-reactive ketones (excluding diaryl/α,β-unsaturated/α-hetero) is 1. The third-order valence-corrected chi connectivity index (χ3v) is 5.83. The van der Waals surface area contributed by atoms with Crippen molar-refractivity contribution in [2.45, 2.75) is 24.2 Å². The smallest absolute Gasteiger partial charge is 0.415 e. The number of ketones is 1. The molecule has 4 rings (SSSR count). The number of fused-ring (bicyclic) bond motifs is 1. The Labute approximate surface area is 178 Å². The number of carbonyl (C=O) groups is 1. The summed E-state index contributed by atoms with van der Waals surface area (Å²) >= 11 is 3.23. The number of ether oxygens (including phenoxy) is 2. The first-order valence-electron chi connectivity index (χ1n) is 9.14. The van der Waals surface area contributed by atoms with Gasteiger partial charge >= 0.3 is 6.18 Å². The van der Waals surface area contributed by atoms with Crippen molar-refractivity contribution in [3.05, 3.63) is 69.9 Å². The van der Waals surface area contributed by atoms with E-state index in [1.165, 1.54) is 12.1 Å². The zero-order chi connectivity index (χ0) is 21.5. The molecule has 0 amide bonds. The van der Waals surface area contributed by atoms with Crippen molar-refractivity contribution in [1.82, 2.24) is 0 Å². The molecule has 158 valence electrons. The van der Waals surface area contributed by atoms with Gasteiger partial charge in [0, 0.05) is 15.6 Å². The van der Waals surface area contributed by atoms with E-state index in [0.717, 1.165) is 6.07 Å². The molecule has 0 saturated carbocycles. The van der Waals surface area contributed by atoms with Crippen molar-refractivity contribution in [2.24, 2.45) is 10.9 Å². The van der Waals surface area contributed by atoms with E-state index in [1.54, 1.807) is 30.3 Å². The maximum Gasteiger partial charge on any atom is 0.415 e. The molecule has 1 saturated heterocycles. The molecule has 2 aliphatic rings. The summed E-state index contributed by atoms with van der Waals surface area (Å²) in [7, 11) is 0. The van der Waals surface area contributed by atoms with Gasteiger partial charge in [-0.25, -0.2) is 9.38 Å². The second-order valence-electron chi connectivity index (χ2n) is 7.21. The van der Waals surface area contributed by atoms with E-state index in [0.29, 0.717) is 10.0 Å². The van der Waals surface area contributed by atoms with Crippen LogP contribution >= 0.6 is 15.9 Å². The Morgan fingerprint density at radius 2 is 1.93 bits per heavy atom. The van der Waals surface area contributed by atoms with E-state index in [1.807, 2.05) is 0 Å². The van der Waals surface area contributed by atoms with Gasteiger partial charge < -0.3 is 9.47 Å². The highest BCUT2D eigenvalue weighted by Crippen LogP contribution is 2.50. The van der Waals surface area contributed by atoms with Gasteiger partial charge in [0.15, 0.2) is 17.8 Å². The molecule has 2 aromatic carbocycles. The van der Waals surface area contributed by atoms with Crippen LogP contribution in [0.3, 0.4) is 0 Å². The average molecular weight is 486 g/mol. The molecular formula is C21H16BrF4NO3. The lowest BCUT2D eigenvalue weighted by atomic mass is 9.77. The molecule has 0 aliphatic carbocycles. The third kappa shape index (κ3) is 3.76. The number of hydrogen-bond donors (Lipinski definition) is 0. The molecule has 2 heterocycles. The molecule has 3 atom stereocenters. The molecule has 0 unspecified atom stereocenters. The van der Waals surface area contributed by atoms with E-state index in [9.17, 15) is 22.4 Å². The Morgan fingerprint density at radius 1 is 1.20 bits per heavy atom. The summed E-state index contributed by atoms with van der Waals surface area (Å²) in [5, 5.41) is 0. The number of carbonyl (C=O) groups excluding carboxylic acids is 1. The monoisotopic (exact) mass is 485 g/mol. The van der Waals surface area contributed by atoms with Crippen molar-refractivity contribution in [3.8, 4) is 0 Å². The SMILES string of the molecule is O=C(CC1=N[C@@]2(c3cc(Br)ccc3F)CO[C@H](C(F)(F)F)[C@H]2CO1)c1ccccc1. The number of halogens is 5. The molecule has 30 heavy (non-hydrogen) atoms. The standard InChI is InChI=1S/C21H16BrF4NO3/c22-13-6-7-16(23)14(8-13)20-11-30-19(21(24,25)26)15(20)10-29-18(27-20)9-17(28)12-4-2-1-3-5-12/h1-8,15,19H,9-11H2/t15-,19+,20-/m1/s1. The molecule has 0 N–H and O–H groups in total. The van der Waals surface area contributed by atoms with Crippen LogP contribution in [-0.4, -0.2) is 37.2 Å². The first-order valence-corrected chi connectivity index (χ1v) is 9.93. The van der Waals surface area contributed by atoms with Crippen molar-refractivity contribution in [3.63, 3.8) is 0 Å². The Bertz CT molecular complexity index is 995. The Hall–Kier alpha value is -2.26. The minimum absolute atomic E-state index is 0.0263. The highest BCUT2D eigenvalue weighted by molar-refractivity contribution is 9.10. The molecule has 2 aromatic rings. The van der Waals surface area contributed by atoms with Gasteiger partial charge in [-0.05, 0) is 18.2 Å². The zero-order valence-electron chi connectivity index (χ0n) is 15.5. The summed E-state index contributed by atoms with van der Waals surface area (Å²) in [5.74, 6) is -2.32. The minimum Gasteiger partial charge on any atom is -0.480 e. The molecule has 0 aromatic heterocycles. The maximum absolute atomic E-state index is 14.7. The Kier molecular flexibility index (Phi) is 5.44. The van der Waals surface area contributed by atoms with Crippen LogP contribution in [0.15, 0.2) is 58.0 Å². The average Bonchev–Trinajstić information content (AvgIpc) is 3.10. The van der Waals surface area contributed by atoms with Crippen LogP contribution in [0.4, 0.5) is 17.6 Å². The van der Waals surface area contributed by atoms with Gasteiger partial charge in [-0.1, -0.05) is 46.3 Å². The fourth-order valence-corrected chi connectivity index (χ4v) is 4.28. The third-order valence-electron chi connectivity index (χ3n) is 5.34. The van der Waals surface area contributed by atoms with Crippen LogP contribution in [-0.2, 0) is 15.0 Å². The lowest BCUT2D eigenvalue weighted by Crippen LogP contribution is -2.47. The van der Waals surface area contributed by atoms with Crippen LogP contribution in [0.5, 0.6) is 0 Å². The summed E-state index contributed by atoms with van der Waals surface area (Å²) in [6, 6.07) is 12.4. The molecule has 0 radical (unpaired) electrons. The zero-order valence-corrected chi connectivity index (χ0v) is 17.0. The normalized spacial score (nSPS) is 26.0. The summed E-state index contributed by atoms with van der Waals surface area (Å²) in [5.41, 5.74) is -1.25. The van der Waals surface area contributed by atoms with Crippen LogP contribution in [0, 0.1) is 11.7 Å². The van der Waals surface area contributed by atoms with Crippen LogP contribution in [0.1, 0.15) is 22.3 Å². The Morgan fingerprint density at radius 3 is 2.63 bits per heavy atom. The molecular weight excluding hydrogens is 470 g/mol. The van der Waals surface area contributed by atoms with Crippen LogP contribution in [0.2, 0.25) is 0 Å². The van der Waals surface area contributed by atoms with E-state index in [-0.39, 0.29) is 23.7 Å². The number of nitrogens with zero attached hydrogens (tertiary/aromatic N) is 1. The molecule has 4 nitrogen and oxygen atoms in total. The highest BCUT2D eigenvalue weighted by atomic mass is 79.9. The van der Waals surface area contributed by atoms with Crippen LogP contribution in [0.25, 0.3) is 0 Å². The predicted molar refractivity (Wildman–Crippen MR) is 104 cm³/mol. The first-order chi connectivity index (χ1) is 14.2. The molecule has 1 fully saturated rings. The van der Waals surface area contributed by atoms with E-state index in [2.05, 4.69) is 20.9 Å². The van der Waals surface area contributed by atoms with E-state index in [4.69, 9.17) is 9.47 Å². The quantitative estimate of drug-likeness (QED) is 0.449. The van der Waals surface area contributed by atoms with Gasteiger partial charge in [0.25, 0.3) is 0 Å². The fourth-order valence-electron chi connectivity index (χ4n) is 3.92. The van der Waals surface area contributed by atoms with Crippen molar-refractivity contribution >= 4 is 27.6 Å². The number of hydrogen-bond acceptors (Lipinski definition) is 4. The van der Waals surface area contributed by atoms with E-state index < -0.39 is 42.8 Å². The van der Waals surface area contributed by atoms with Gasteiger partial charge in [-0.3, -0.25) is 4.79 Å². The van der Waals surface area contributed by atoms with E-state index >= 15 is 0 Å². The van der Waals surface area contributed by atoms with Crippen LogP contribution < -0.4 is 0 Å². The first kappa shape index (κ1) is 21.0. The summed E-state index contributed by atoms with van der Waals surface area (Å²) in [6.07, 6.45) is -7.05. The second kappa shape index (κ2) is 7.77. The number of aliphatic imine (C=N–C) groups is 1. The van der Waals surface area contributed by atoms with Crippen molar-refractivity contribution in [2.75, 3.05) is 13.2 Å². The summed E-state index contributed by atoms with van der Waals surface area (Å²) in [6.45, 7) is -0.862. The predicted octanol–water partition coefficient (Wildman–Crippen LogP) is 5.06. The van der Waals surface area contributed by atoms with Gasteiger partial charge in [0.2, 0.25) is 0 Å². The second-order valence-corrected chi connectivity index (χ2v) is 8.13. The number of rotatable bonds is 4. The Balaban J connectivity index is 1.75. The van der Waals surface area contributed by atoms with Gasteiger partial charge in [0.1, 0.15) is 11.4 Å². The maximum atomic E-state index is 14.7. The van der Waals surface area contributed by atoms with Gasteiger partial charge in [-0.2, -0.15) is 13.2 Å². The lowest BCUT2D eigenvalue weighted by molar-refractivity contribution is -0.219. The summed E-state index contributed by atoms with van der Waals surface area (Å²) in [4.78, 5) is 16.9. The molecule has 2 aliphatic heterocycles. The fraction of sp³-hybridized carbons (Fsp3) is 0.333. The van der Waals surface area contributed by atoms with Crippen molar-refractivity contribution in [1.29, 1.82) is 0 Å². The van der Waals surface area contributed by atoms with Crippen molar-refractivity contribution < 1.29 is 31.8 Å². The molecule has 9 heteroatoms. The number of benzene rings is 2. The number of alkyl halides is 3. The lowest BCUT2D eigenvalue weighted by Gasteiger charge is -2.37. The summed E-state index contributed by atoms with van der Waals surface area (Å²) < 4.78 is 66.4. The highest BCUT2D eigenvalue weighted by Gasteiger charge is 2.62. The van der Waals surface area contributed by atoms with Gasteiger partial charge in [0.05, 0.1) is 25.6 Å². The minimum atomic E-state index is -4.66. The molecule has 0 spiro atoms. The topological polar surface area (TPSA) is 47.9 Å². The molecule has 0 bridgehead atoms.